The molecule has 1 aromatic heterocycles. The van der Waals surface area contributed by atoms with Crippen LogP contribution in [0.15, 0.2) is 17.5 Å². The highest BCUT2D eigenvalue weighted by Crippen LogP contribution is 2.12. The molecule has 0 saturated heterocycles. The molecule has 2 N–H and O–H groups in total. The lowest BCUT2D eigenvalue weighted by Crippen LogP contribution is -2.10. The van der Waals surface area contributed by atoms with Crippen molar-refractivity contribution < 1.29 is 4.74 Å². The highest BCUT2D eigenvalue weighted by Gasteiger charge is 2.01. The minimum absolute atomic E-state index is 0.325. The average Bonchev–Trinajstić information content (AvgIpc) is 2.64. The Morgan fingerprint density at radius 1 is 1.62 bits per heavy atom. The molecule has 1 aromatic rings. The van der Waals surface area contributed by atoms with Gasteiger partial charge in [0.2, 0.25) is 0 Å². The Morgan fingerprint density at radius 3 is 3.08 bits per heavy atom. The molecular weight excluding hydrogens is 182 g/mol. The molecular formula is C10H17NOS. The van der Waals surface area contributed by atoms with E-state index >= 15 is 0 Å². The van der Waals surface area contributed by atoms with Crippen LogP contribution in [0.1, 0.15) is 24.6 Å². The summed E-state index contributed by atoms with van der Waals surface area (Å²) in [5, 5.41) is 2.07. The van der Waals surface area contributed by atoms with Gasteiger partial charge >= 0.3 is 0 Å². The Morgan fingerprint density at radius 2 is 2.46 bits per heavy atom. The van der Waals surface area contributed by atoms with Crippen LogP contribution in [0.2, 0.25) is 0 Å². The third-order valence-electron chi connectivity index (χ3n) is 1.90. The van der Waals surface area contributed by atoms with Gasteiger partial charge in [0.25, 0.3) is 0 Å². The van der Waals surface area contributed by atoms with Gasteiger partial charge in [-0.05, 0) is 37.8 Å². The fraction of sp³-hybridized carbons (Fsp3) is 0.600. The van der Waals surface area contributed by atoms with Crippen molar-refractivity contribution in [2.24, 2.45) is 5.73 Å². The molecule has 0 radical (unpaired) electrons. The van der Waals surface area contributed by atoms with E-state index in [1.165, 1.54) is 4.88 Å². The van der Waals surface area contributed by atoms with E-state index in [1.54, 1.807) is 11.3 Å². The van der Waals surface area contributed by atoms with E-state index in [9.17, 15) is 0 Å². The first-order chi connectivity index (χ1) is 6.33. The van der Waals surface area contributed by atoms with E-state index in [0.29, 0.717) is 6.10 Å². The third-order valence-corrected chi connectivity index (χ3v) is 2.75. The van der Waals surface area contributed by atoms with Gasteiger partial charge in [-0.3, -0.25) is 0 Å². The Hall–Kier alpha value is -0.380. The molecule has 0 aliphatic carbocycles. The Labute approximate surface area is 83.7 Å². The van der Waals surface area contributed by atoms with Crippen molar-refractivity contribution in [2.75, 3.05) is 6.54 Å². The van der Waals surface area contributed by atoms with Crippen molar-refractivity contribution in [2.45, 2.75) is 32.5 Å². The van der Waals surface area contributed by atoms with E-state index in [1.807, 2.05) is 6.07 Å². The summed E-state index contributed by atoms with van der Waals surface area (Å²) in [6.45, 7) is 3.60. The maximum atomic E-state index is 5.64. The fourth-order valence-electron chi connectivity index (χ4n) is 1.11. The van der Waals surface area contributed by atoms with Crippen molar-refractivity contribution in [3.63, 3.8) is 0 Å². The molecule has 3 heteroatoms. The number of hydrogen-bond donors (Lipinski definition) is 1. The molecule has 0 fully saturated rings. The van der Waals surface area contributed by atoms with Crippen LogP contribution in [0.3, 0.4) is 0 Å². The Balaban J connectivity index is 2.11. The first-order valence-electron chi connectivity index (χ1n) is 4.67. The van der Waals surface area contributed by atoms with E-state index in [0.717, 1.165) is 26.0 Å². The van der Waals surface area contributed by atoms with E-state index in [2.05, 4.69) is 18.4 Å². The first kappa shape index (κ1) is 10.7. The molecule has 13 heavy (non-hydrogen) atoms. The van der Waals surface area contributed by atoms with E-state index in [-0.39, 0.29) is 0 Å². The van der Waals surface area contributed by atoms with Crippen molar-refractivity contribution in [3.8, 4) is 0 Å². The van der Waals surface area contributed by atoms with Crippen molar-refractivity contribution in [3.05, 3.63) is 22.4 Å². The van der Waals surface area contributed by atoms with E-state index in [4.69, 9.17) is 10.5 Å². The molecule has 1 atom stereocenters. The molecule has 1 heterocycles. The predicted molar refractivity (Wildman–Crippen MR) is 56.9 cm³/mol. The summed E-state index contributed by atoms with van der Waals surface area (Å²) >= 11 is 1.74. The van der Waals surface area contributed by atoms with Crippen LogP contribution in [0.5, 0.6) is 0 Å². The maximum Gasteiger partial charge on any atom is 0.0812 e. The molecule has 0 bridgehead atoms. The highest BCUT2D eigenvalue weighted by atomic mass is 32.1. The molecule has 0 aliphatic rings. The van der Waals surface area contributed by atoms with Gasteiger partial charge in [0, 0.05) is 4.88 Å². The summed E-state index contributed by atoms with van der Waals surface area (Å²) in [5.74, 6) is 0. The molecule has 2 nitrogen and oxygen atoms in total. The molecule has 0 aromatic carbocycles. The summed E-state index contributed by atoms with van der Waals surface area (Å²) in [5.41, 5.74) is 5.41. The zero-order valence-electron chi connectivity index (χ0n) is 8.03. The lowest BCUT2D eigenvalue weighted by atomic mass is 10.2. The molecule has 0 aliphatic heterocycles. The van der Waals surface area contributed by atoms with Crippen LogP contribution in [0, 0.1) is 0 Å². The van der Waals surface area contributed by atoms with Gasteiger partial charge in [-0.25, -0.2) is 0 Å². The predicted octanol–water partition coefficient (Wildman–Crippen LogP) is 2.39. The number of rotatable bonds is 6. The second-order valence-corrected chi connectivity index (χ2v) is 4.16. The highest BCUT2D eigenvalue weighted by molar-refractivity contribution is 7.09. The van der Waals surface area contributed by atoms with Gasteiger partial charge in [0.1, 0.15) is 0 Å². The summed E-state index contributed by atoms with van der Waals surface area (Å²) in [4.78, 5) is 1.29. The van der Waals surface area contributed by atoms with Crippen LogP contribution in [-0.2, 0) is 11.3 Å². The van der Waals surface area contributed by atoms with Crippen LogP contribution >= 0.6 is 11.3 Å². The number of nitrogens with two attached hydrogens (primary N) is 1. The van der Waals surface area contributed by atoms with Crippen molar-refractivity contribution in [1.29, 1.82) is 0 Å². The monoisotopic (exact) mass is 199 g/mol. The summed E-state index contributed by atoms with van der Waals surface area (Å²) in [6.07, 6.45) is 2.43. The number of thiophene rings is 1. The van der Waals surface area contributed by atoms with Crippen LogP contribution in [0.4, 0.5) is 0 Å². The molecule has 1 rings (SSSR count). The molecule has 0 amide bonds. The minimum atomic E-state index is 0.325. The largest absolute Gasteiger partial charge is 0.373 e. The maximum absolute atomic E-state index is 5.64. The van der Waals surface area contributed by atoms with Gasteiger partial charge in [0.15, 0.2) is 0 Å². The van der Waals surface area contributed by atoms with Gasteiger partial charge in [-0.1, -0.05) is 6.07 Å². The minimum Gasteiger partial charge on any atom is -0.373 e. The van der Waals surface area contributed by atoms with Gasteiger partial charge < -0.3 is 10.5 Å². The quantitative estimate of drug-likeness (QED) is 0.763. The molecule has 74 valence electrons. The van der Waals surface area contributed by atoms with Gasteiger partial charge in [-0.2, -0.15) is 0 Å². The second kappa shape index (κ2) is 6.13. The first-order valence-corrected chi connectivity index (χ1v) is 5.55. The summed E-state index contributed by atoms with van der Waals surface area (Å²) < 4.78 is 5.64. The second-order valence-electron chi connectivity index (χ2n) is 3.13. The van der Waals surface area contributed by atoms with Crippen molar-refractivity contribution in [1.82, 2.24) is 0 Å². The van der Waals surface area contributed by atoms with E-state index < -0.39 is 0 Å². The SMILES string of the molecule is CC(CCCN)OCc1cccs1. The zero-order chi connectivity index (χ0) is 9.52. The topological polar surface area (TPSA) is 35.2 Å². The summed E-state index contributed by atoms with van der Waals surface area (Å²) in [6, 6.07) is 4.15. The van der Waals surface area contributed by atoms with Crippen LogP contribution in [0.25, 0.3) is 0 Å². The number of ether oxygens (including phenoxy) is 1. The van der Waals surface area contributed by atoms with Gasteiger partial charge in [-0.15, -0.1) is 11.3 Å². The normalized spacial score (nSPS) is 13.1. The Bertz CT molecular complexity index is 211. The summed E-state index contributed by atoms with van der Waals surface area (Å²) in [7, 11) is 0. The van der Waals surface area contributed by atoms with Crippen LogP contribution < -0.4 is 5.73 Å². The third kappa shape index (κ3) is 4.41. The lowest BCUT2D eigenvalue weighted by Gasteiger charge is -2.11. The smallest absolute Gasteiger partial charge is 0.0812 e. The lowest BCUT2D eigenvalue weighted by molar-refractivity contribution is 0.0483. The zero-order valence-corrected chi connectivity index (χ0v) is 8.85. The standard InChI is InChI=1S/C10H17NOS/c1-9(4-2-6-11)12-8-10-5-3-7-13-10/h3,5,7,9H,2,4,6,8,11H2,1H3. The van der Waals surface area contributed by atoms with Crippen LogP contribution in [-0.4, -0.2) is 12.6 Å². The Kier molecular flexibility index (Phi) is 5.05. The van der Waals surface area contributed by atoms with Gasteiger partial charge in [0.05, 0.1) is 12.7 Å². The number of hydrogen-bond acceptors (Lipinski definition) is 3. The van der Waals surface area contributed by atoms with Crippen molar-refractivity contribution >= 4 is 11.3 Å². The average molecular weight is 199 g/mol. The molecule has 1 unspecified atom stereocenters. The molecule has 0 spiro atoms. The molecule has 0 saturated carbocycles. The fourth-order valence-corrected chi connectivity index (χ4v) is 1.73.